The number of primary amides is 1. The van der Waals surface area contributed by atoms with Gasteiger partial charge < -0.3 is 26.0 Å². The Morgan fingerprint density at radius 2 is 2.06 bits per heavy atom. The summed E-state index contributed by atoms with van der Waals surface area (Å²) in [7, 11) is 0. The Labute approximate surface area is 189 Å². The van der Waals surface area contributed by atoms with Crippen LogP contribution in [0.2, 0.25) is 0 Å². The molecule has 0 aromatic heterocycles. The zero-order chi connectivity index (χ0) is 22.8. The summed E-state index contributed by atoms with van der Waals surface area (Å²) >= 11 is 1.78. The van der Waals surface area contributed by atoms with Crippen molar-refractivity contribution >= 4 is 41.4 Å². The van der Waals surface area contributed by atoms with Crippen LogP contribution in [0.1, 0.15) is 19.8 Å². The number of nitrogens with one attached hydrogen (secondary N) is 2. The summed E-state index contributed by atoms with van der Waals surface area (Å²) < 4.78 is 22.6. The quantitative estimate of drug-likeness (QED) is 0.517. The minimum absolute atomic E-state index is 0.196. The van der Waals surface area contributed by atoms with Crippen molar-refractivity contribution in [1.82, 2.24) is 14.9 Å². The number of carbonyl (C=O) groups excluding carboxylic acids is 3. The molecule has 3 aliphatic rings. The molecular weight excluding hydrogens is 439 g/mol. The molecule has 1 aromatic rings. The van der Waals surface area contributed by atoms with Gasteiger partial charge in [0.2, 0.25) is 5.91 Å². The number of carbonyl (C=O) groups is 3. The zero-order valence-corrected chi connectivity index (χ0v) is 18.6. The first-order valence-electron chi connectivity index (χ1n) is 10.6. The van der Waals surface area contributed by atoms with Crippen molar-refractivity contribution in [2.75, 3.05) is 42.5 Å². The Hall–Kier alpha value is -2.73. The van der Waals surface area contributed by atoms with Crippen molar-refractivity contribution in [2.45, 2.75) is 37.3 Å². The second-order valence-corrected chi connectivity index (χ2v) is 9.49. The van der Waals surface area contributed by atoms with Gasteiger partial charge in [-0.15, -0.1) is 0 Å². The topological polar surface area (TPSA) is 120 Å². The normalized spacial score (nSPS) is 23.8. The summed E-state index contributed by atoms with van der Waals surface area (Å²) in [6.07, 6.45) is 0.826. The van der Waals surface area contributed by atoms with Crippen LogP contribution in [0.15, 0.2) is 18.2 Å². The Morgan fingerprint density at radius 1 is 1.28 bits per heavy atom. The van der Waals surface area contributed by atoms with Gasteiger partial charge in [-0.25, -0.2) is 18.3 Å². The predicted octanol–water partition coefficient (Wildman–Crippen LogP) is 1.21. The molecule has 1 aromatic carbocycles. The van der Waals surface area contributed by atoms with E-state index >= 15 is 4.39 Å². The minimum atomic E-state index is -0.666. The highest BCUT2D eigenvalue weighted by molar-refractivity contribution is 7.97. The smallest absolute Gasteiger partial charge is 0.414 e. The summed E-state index contributed by atoms with van der Waals surface area (Å²) in [5.41, 5.74) is 6.05. The van der Waals surface area contributed by atoms with Crippen LogP contribution in [0.5, 0.6) is 0 Å². The van der Waals surface area contributed by atoms with Crippen molar-refractivity contribution in [3.8, 4) is 0 Å². The van der Waals surface area contributed by atoms with Crippen LogP contribution >= 0.6 is 11.9 Å². The maximum atomic E-state index is 15.2. The molecule has 2 heterocycles. The third kappa shape index (κ3) is 5.36. The molecule has 12 heteroatoms. The number of hydrogen-bond donors (Lipinski definition) is 3. The molecule has 4 N–H and O–H groups in total. The fraction of sp³-hybridized carbons (Fsp3) is 0.550. The summed E-state index contributed by atoms with van der Waals surface area (Å²) in [5.74, 6) is -0.732. The number of halogens is 1. The van der Waals surface area contributed by atoms with Crippen molar-refractivity contribution in [3.05, 3.63) is 24.0 Å². The fourth-order valence-electron chi connectivity index (χ4n) is 3.81. The van der Waals surface area contributed by atoms with E-state index in [0.29, 0.717) is 29.7 Å². The van der Waals surface area contributed by atoms with E-state index in [9.17, 15) is 14.4 Å². The highest BCUT2D eigenvalue weighted by atomic mass is 32.2. The van der Waals surface area contributed by atoms with E-state index < -0.39 is 30.2 Å². The fourth-order valence-corrected chi connectivity index (χ4v) is 4.99. The Morgan fingerprint density at radius 3 is 2.72 bits per heavy atom. The van der Waals surface area contributed by atoms with Gasteiger partial charge in [0.25, 0.3) is 0 Å². The molecule has 1 aliphatic carbocycles. The Bertz CT molecular complexity index is 901. The van der Waals surface area contributed by atoms with E-state index in [0.717, 1.165) is 6.54 Å². The lowest BCUT2D eigenvalue weighted by Crippen LogP contribution is -2.60. The van der Waals surface area contributed by atoms with Gasteiger partial charge in [-0.1, -0.05) is 11.9 Å². The van der Waals surface area contributed by atoms with E-state index in [1.165, 1.54) is 30.7 Å². The molecule has 2 atom stereocenters. The van der Waals surface area contributed by atoms with Crippen LogP contribution in [0.25, 0.3) is 0 Å². The van der Waals surface area contributed by atoms with E-state index in [1.807, 2.05) is 0 Å². The molecule has 174 valence electrons. The lowest BCUT2D eigenvalue weighted by atomic mass is 10.2. The number of benzene rings is 1. The van der Waals surface area contributed by atoms with Gasteiger partial charge in [-0.05, 0) is 31.0 Å². The summed E-state index contributed by atoms with van der Waals surface area (Å²) in [6.45, 7) is 3.55. The molecule has 32 heavy (non-hydrogen) atoms. The lowest BCUT2D eigenvalue weighted by molar-refractivity contribution is -0.119. The van der Waals surface area contributed by atoms with Crippen LogP contribution in [0.3, 0.4) is 0 Å². The van der Waals surface area contributed by atoms with E-state index in [1.54, 1.807) is 29.0 Å². The molecule has 0 radical (unpaired) electrons. The van der Waals surface area contributed by atoms with Crippen LogP contribution in [0, 0.1) is 5.82 Å². The van der Waals surface area contributed by atoms with Crippen LogP contribution in [-0.2, 0) is 9.53 Å². The number of rotatable bonds is 7. The number of anilines is 2. The summed E-state index contributed by atoms with van der Waals surface area (Å²) in [5, 5.41) is 5.95. The second-order valence-electron chi connectivity index (χ2n) is 8.10. The van der Waals surface area contributed by atoms with Crippen LogP contribution < -0.4 is 26.2 Å². The van der Waals surface area contributed by atoms with Gasteiger partial charge in [0, 0.05) is 31.8 Å². The monoisotopic (exact) mass is 466 g/mol. The molecule has 0 spiro atoms. The number of ether oxygens (including phenoxy) is 1. The highest BCUT2D eigenvalue weighted by Gasteiger charge is 2.35. The number of cyclic esters (lactones) is 1. The number of amides is 4. The van der Waals surface area contributed by atoms with E-state index in [-0.39, 0.29) is 19.0 Å². The molecular formula is C20H27FN6O4S. The highest BCUT2D eigenvalue weighted by Crippen LogP contribution is 2.38. The first kappa shape index (κ1) is 22.5. The van der Waals surface area contributed by atoms with Crippen molar-refractivity contribution < 1.29 is 23.5 Å². The summed E-state index contributed by atoms with van der Waals surface area (Å²) in [4.78, 5) is 38.0. The van der Waals surface area contributed by atoms with Crippen molar-refractivity contribution in [2.24, 2.45) is 5.73 Å². The van der Waals surface area contributed by atoms with Gasteiger partial charge in [-0.2, -0.15) is 0 Å². The molecule has 3 fully saturated rings. The van der Waals surface area contributed by atoms with Crippen LogP contribution in [-0.4, -0.2) is 72.6 Å². The maximum absolute atomic E-state index is 15.2. The molecule has 2 aliphatic heterocycles. The molecule has 1 saturated carbocycles. The van der Waals surface area contributed by atoms with Crippen LogP contribution in [0.4, 0.5) is 25.4 Å². The largest absolute Gasteiger partial charge is 0.442 e. The first-order chi connectivity index (χ1) is 15.3. The first-order valence-corrected chi connectivity index (χ1v) is 11.4. The standard InChI is InChI=1S/C20H27FN6O4S/c1-12(28)23-9-14-10-27(20(30)31-14)13-2-5-17(16(21)8-13)26-7-6-25(32-15-3-4-15)11-18(26)24-19(22)29/h2,5,8,14-15,18H,3-4,6-7,9-11H2,1H3,(H,23,28)(H3,22,24,29). The van der Waals surface area contributed by atoms with Gasteiger partial charge in [0.05, 0.1) is 24.5 Å². The third-order valence-electron chi connectivity index (χ3n) is 5.48. The molecule has 10 nitrogen and oxygen atoms in total. The molecule has 0 bridgehead atoms. The second kappa shape index (κ2) is 9.41. The number of piperazine rings is 1. The summed E-state index contributed by atoms with van der Waals surface area (Å²) in [6, 6.07) is 3.86. The predicted molar refractivity (Wildman–Crippen MR) is 119 cm³/mol. The maximum Gasteiger partial charge on any atom is 0.414 e. The van der Waals surface area contributed by atoms with Gasteiger partial charge in [0.15, 0.2) is 0 Å². The van der Waals surface area contributed by atoms with Gasteiger partial charge in [0.1, 0.15) is 18.1 Å². The van der Waals surface area contributed by atoms with E-state index in [4.69, 9.17) is 10.5 Å². The number of hydrogen-bond acceptors (Lipinski definition) is 7. The van der Waals surface area contributed by atoms with Crippen molar-refractivity contribution in [3.63, 3.8) is 0 Å². The lowest BCUT2D eigenvalue weighted by Gasteiger charge is -2.42. The number of urea groups is 1. The number of nitrogens with two attached hydrogens (primary N) is 1. The molecule has 2 saturated heterocycles. The van der Waals surface area contributed by atoms with Crippen molar-refractivity contribution in [1.29, 1.82) is 0 Å². The number of nitrogens with zero attached hydrogens (tertiary/aromatic N) is 3. The Balaban J connectivity index is 1.46. The van der Waals surface area contributed by atoms with Gasteiger partial charge in [-0.3, -0.25) is 9.69 Å². The van der Waals surface area contributed by atoms with E-state index in [2.05, 4.69) is 14.9 Å². The third-order valence-corrected chi connectivity index (χ3v) is 6.88. The average molecular weight is 467 g/mol. The average Bonchev–Trinajstić information content (AvgIpc) is 3.46. The SMILES string of the molecule is CC(=O)NCC1CN(c2ccc(N3CCN(SC4CC4)CC3NC(N)=O)c(F)c2)C(=O)O1. The zero-order valence-electron chi connectivity index (χ0n) is 17.8. The molecule has 4 rings (SSSR count). The molecule has 2 unspecified atom stereocenters. The minimum Gasteiger partial charge on any atom is -0.442 e. The van der Waals surface area contributed by atoms with Gasteiger partial charge >= 0.3 is 12.1 Å². The molecule has 4 amide bonds. The Kier molecular flexibility index (Phi) is 6.60.